The average Bonchev–Trinajstić information content (AvgIpc) is 2.42. The standard InChI is InChI=1S/C9H12Br2O4/c1-9(2)14-4(3-10)6-7(15-9)5(11)8(12)13-6/h4-7H,3H2,1-2H3/t4-,5+,6+,7+/m0/s1. The molecule has 0 aromatic rings. The number of ether oxygens (including phenoxy) is 3. The van der Waals surface area contributed by atoms with E-state index in [0.29, 0.717) is 5.33 Å². The highest BCUT2D eigenvalue weighted by molar-refractivity contribution is 9.10. The summed E-state index contributed by atoms with van der Waals surface area (Å²) in [7, 11) is 0. The second-order valence-electron chi connectivity index (χ2n) is 4.10. The largest absolute Gasteiger partial charge is 0.456 e. The maximum absolute atomic E-state index is 11.4. The predicted octanol–water partition coefficient (Wildman–Crippen LogP) is 1.59. The van der Waals surface area contributed by atoms with Crippen molar-refractivity contribution < 1.29 is 19.0 Å². The van der Waals surface area contributed by atoms with Gasteiger partial charge in [0.15, 0.2) is 11.9 Å². The lowest BCUT2D eigenvalue weighted by molar-refractivity contribution is -0.314. The van der Waals surface area contributed by atoms with Gasteiger partial charge in [-0.15, -0.1) is 0 Å². The number of carbonyl (C=O) groups excluding carboxylic acids is 1. The quantitative estimate of drug-likeness (QED) is 0.535. The highest BCUT2D eigenvalue weighted by atomic mass is 79.9. The minimum absolute atomic E-state index is 0.162. The van der Waals surface area contributed by atoms with Crippen LogP contribution in [0.5, 0.6) is 0 Å². The molecule has 0 aromatic carbocycles. The molecule has 4 nitrogen and oxygen atoms in total. The van der Waals surface area contributed by atoms with Crippen molar-refractivity contribution in [3.8, 4) is 0 Å². The number of rotatable bonds is 1. The van der Waals surface area contributed by atoms with Crippen molar-refractivity contribution >= 4 is 37.8 Å². The van der Waals surface area contributed by atoms with Gasteiger partial charge in [-0.05, 0) is 13.8 Å². The SMILES string of the molecule is CC1(C)O[C@H]2[C@H](OC(=O)[C@@H]2Br)[C@H](CBr)O1. The maximum Gasteiger partial charge on any atom is 0.323 e. The van der Waals surface area contributed by atoms with Crippen LogP contribution in [-0.2, 0) is 19.0 Å². The fourth-order valence-corrected chi connectivity index (χ4v) is 2.90. The third kappa shape index (κ3) is 2.09. The summed E-state index contributed by atoms with van der Waals surface area (Å²) in [4.78, 5) is 11.0. The zero-order valence-corrected chi connectivity index (χ0v) is 11.6. The Morgan fingerprint density at radius 1 is 1.33 bits per heavy atom. The van der Waals surface area contributed by atoms with Gasteiger partial charge in [0.05, 0.1) is 0 Å². The minimum Gasteiger partial charge on any atom is -0.456 e. The molecule has 0 N–H and O–H groups in total. The van der Waals surface area contributed by atoms with Crippen LogP contribution in [0.4, 0.5) is 0 Å². The Kier molecular flexibility index (Phi) is 3.14. The molecule has 0 amide bonds. The maximum atomic E-state index is 11.4. The number of fused-ring (bicyclic) bond motifs is 1. The molecule has 0 aromatic heterocycles. The van der Waals surface area contributed by atoms with Crippen LogP contribution in [0.3, 0.4) is 0 Å². The van der Waals surface area contributed by atoms with Crippen LogP contribution >= 0.6 is 31.9 Å². The van der Waals surface area contributed by atoms with Gasteiger partial charge in [0.1, 0.15) is 17.0 Å². The van der Waals surface area contributed by atoms with E-state index in [-0.39, 0.29) is 24.3 Å². The molecule has 2 saturated heterocycles. The van der Waals surface area contributed by atoms with Crippen LogP contribution < -0.4 is 0 Å². The second kappa shape index (κ2) is 3.98. The molecule has 0 radical (unpaired) electrons. The van der Waals surface area contributed by atoms with E-state index < -0.39 is 10.6 Å². The first-order valence-electron chi connectivity index (χ1n) is 4.71. The van der Waals surface area contributed by atoms with Gasteiger partial charge in [-0.3, -0.25) is 4.79 Å². The van der Waals surface area contributed by atoms with Gasteiger partial charge < -0.3 is 14.2 Å². The van der Waals surface area contributed by atoms with Crippen LogP contribution in [0.15, 0.2) is 0 Å². The Balaban J connectivity index is 2.22. The summed E-state index contributed by atoms with van der Waals surface area (Å²) in [6.45, 7) is 3.67. The molecular formula is C9H12Br2O4. The molecule has 0 aliphatic carbocycles. The van der Waals surface area contributed by atoms with Gasteiger partial charge in [0, 0.05) is 5.33 Å². The number of esters is 1. The number of alkyl halides is 2. The Morgan fingerprint density at radius 3 is 2.60 bits per heavy atom. The van der Waals surface area contributed by atoms with E-state index in [1.807, 2.05) is 13.8 Å². The lowest BCUT2D eigenvalue weighted by atomic mass is 10.1. The van der Waals surface area contributed by atoms with Crippen LogP contribution in [-0.4, -0.2) is 40.2 Å². The summed E-state index contributed by atoms with van der Waals surface area (Å²) in [5, 5.41) is 0.619. The Bertz CT molecular complexity index is 281. The number of carbonyl (C=O) groups is 1. The lowest BCUT2D eigenvalue weighted by Crippen LogP contribution is -2.54. The summed E-state index contributed by atoms with van der Waals surface area (Å²) in [5.41, 5.74) is 0. The van der Waals surface area contributed by atoms with Crippen molar-refractivity contribution in [3.63, 3.8) is 0 Å². The minimum atomic E-state index is -0.681. The molecule has 0 unspecified atom stereocenters. The number of hydrogen-bond donors (Lipinski definition) is 0. The lowest BCUT2D eigenvalue weighted by Gasteiger charge is -2.41. The molecule has 15 heavy (non-hydrogen) atoms. The van der Waals surface area contributed by atoms with Crippen LogP contribution in [0, 0.1) is 0 Å². The first-order valence-corrected chi connectivity index (χ1v) is 6.74. The number of hydrogen-bond acceptors (Lipinski definition) is 4. The van der Waals surface area contributed by atoms with Gasteiger partial charge in [0.25, 0.3) is 0 Å². The van der Waals surface area contributed by atoms with Crippen molar-refractivity contribution in [2.24, 2.45) is 0 Å². The third-order valence-electron chi connectivity index (χ3n) is 2.46. The molecule has 0 spiro atoms. The van der Waals surface area contributed by atoms with Crippen molar-refractivity contribution in [1.29, 1.82) is 0 Å². The van der Waals surface area contributed by atoms with E-state index in [0.717, 1.165) is 0 Å². The first-order chi connectivity index (χ1) is 6.94. The molecule has 86 valence electrons. The van der Waals surface area contributed by atoms with Crippen molar-refractivity contribution in [3.05, 3.63) is 0 Å². The second-order valence-corrected chi connectivity index (χ2v) is 5.73. The Labute approximate surface area is 105 Å². The molecular weight excluding hydrogens is 332 g/mol. The predicted molar refractivity (Wildman–Crippen MR) is 60.2 cm³/mol. The molecule has 2 rings (SSSR count). The number of halogens is 2. The van der Waals surface area contributed by atoms with Gasteiger partial charge in [-0.25, -0.2) is 0 Å². The fraction of sp³-hybridized carbons (Fsp3) is 0.889. The fourth-order valence-electron chi connectivity index (χ4n) is 1.89. The summed E-state index contributed by atoms with van der Waals surface area (Å²) < 4.78 is 16.6. The van der Waals surface area contributed by atoms with E-state index in [1.54, 1.807) is 0 Å². The van der Waals surface area contributed by atoms with Gasteiger partial charge >= 0.3 is 5.97 Å². The topological polar surface area (TPSA) is 44.8 Å². The average molecular weight is 344 g/mol. The summed E-state index contributed by atoms with van der Waals surface area (Å²) in [6, 6.07) is 0. The molecule has 2 heterocycles. The van der Waals surface area contributed by atoms with Crippen LogP contribution in [0.2, 0.25) is 0 Å². The molecule has 2 aliphatic rings. The zero-order chi connectivity index (χ0) is 11.2. The summed E-state index contributed by atoms with van der Waals surface area (Å²) in [6.07, 6.45) is -0.761. The summed E-state index contributed by atoms with van der Waals surface area (Å²) in [5.74, 6) is -0.961. The summed E-state index contributed by atoms with van der Waals surface area (Å²) >= 11 is 6.64. The molecule has 2 aliphatic heterocycles. The van der Waals surface area contributed by atoms with Crippen molar-refractivity contribution in [1.82, 2.24) is 0 Å². The van der Waals surface area contributed by atoms with E-state index in [1.165, 1.54) is 0 Å². The van der Waals surface area contributed by atoms with Gasteiger partial charge in [-0.2, -0.15) is 0 Å². The van der Waals surface area contributed by atoms with Crippen LogP contribution in [0.25, 0.3) is 0 Å². The van der Waals surface area contributed by atoms with Gasteiger partial charge in [-0.1, -0.05) is 31.9 Å². The smallest absolute Gasteiger partial charge is 0.323 e. The zero-order valence-electron chi connectivity index (χ0n) is 8.41. The van der Waals surface area contributed by atoms with E-state index in [2.05, 4.69) is 31.9 Å². The normalized spacial score (nSPS) is 43.6. The molecule has 4 atom stereocenters. The Morgan fingerprint density at radius 2 is 2.00 bits per heavy atom. The molecule has 0 saturated carbocycles. The first kappa shape index (κ1) is 11.8. The van der Waals surface area contributed by atoms with E-state index in [9.17, 15) is 4.79 Å². The van der Waals surface area contributed by atoms with E-state index >= 15 is 0 Å². The Hall–Kier alpha value is 0.350. The highest BCUT2D eigenvalue weighted by Gasteiger charge is 2.54. The highest BCUT2D eigenvalue weighted by Crippen LogP contribution is 2.37. The molecule has 6 heteroatoms. The monoisotopic (exact) mass is 342 g/mol. The third-order valence-corrected chi connectivity index (χ3v) is 4.00. The van der Waals surface area contributed by atoms with Crippen LogP contribution in [0.1, 0.15) is 13.8 Å². The molecule has 2 fully saturated rings. The van der Waals surface area contributed by atoms with E-state index in [4.69, 9.17) is 14.2 Å². The van der Waals surface area contributed by atoms with Crippen molar-refractivity contribution in [2.45, 2.75) is 42.8 Å². The van der Waals surface area contributed by atoms with Crippen molar-refractivity contribution in [2.75, 3.05) is 5.33 Å². The van der Waals surface area contributed by atoms with Gasteiger partial charge in [0.2, 0.25) is 0 Å². The molecule has 0 bridgehead atoms.